The third kappa shape index (κ3) is 3.39. The largest absolute Gasteiger partial charge is 0.494 e. The lowest BCUT2D eigenvalue weighted by Crippen LogP contribution is -2.38. The average Bonchev–Trinajstić information content (AvgIpc) is 2.94. The van der Waals surface area contributed by atoms with Crippen LogP contribution in [0.5, 0.6) is 5.75 Å². The summed E-state index contributed by atoms with van der Waals surface area (Å²) in [5, 5.41) is 2.77. The standard InChI is InChI=1S/C14H19FN2O3/c1-19-11-5-6-17(9-11)14(18)16-8-10-3-4-13(20-2)12(15)7-10/h3-4,7,11H,5-6,8-9H2,1-2H3,(H,16,18). The molecule has 0 spiro atoms. The summed E-state index contributed by atoms with van der Waals surface area (Å²) in [6.07, 6.45) is 0.959. The van der Waals surface area contributed by atoms with Crippen LogP contribution < -0.4 is 10.1 Å². The monoisotopic (exact) mass is 282 g/mol. The molecule has 6 heteroatoms. The van der Waals surface area contributed by atoms with Gasteiger partial charge in [-0.15, -0.1) is 0 Å². The van der Waals surface area contributed by atoms with E-state index in [0.717, 1.165) is 6.42 Å². The van der Waals surface area contributed by atoms with Crippen molar-refractivity contribution >= 4 is 6.03 Å². The van der Waals surface area contributed by atoms with E-state index in [4.69, 9.17) is 9.47 Å². The van der Waals surface area contributed by atoms with E-state index in [1.165, 1.54) is 13.2 Å². The highest BCUT2D eigenvalue weighted by Crippen LogP contribution is 2.17. The first-order chi connectivity index (χ1) is 9.63. The van der Waals surface area contributed by atoms with Gasteiger partial charge < -0.3 is 19.7 Å². The summed E-state index contributed by atoms with van der Waals surface area (Å²) in [7, 11) is 3.06. The Hall–Kier alpha value is -1.82. The number of hydrogen-bond acceptors (Lipinski definition) is 3. The van der Waals surface area contributed by atoms with Gasteiger partial charge in [0.25, 0.3) is 0 Å². The number of rotatable bonds is 4. The SMILES string of the molecule is COc1ccc(CNC(=O)N2CCC(OC)C2)cc1F. The predicted octanol–water partition coefficient (Wildman–Crippen LogP) is 1.76. The van der Waals surface area contributed by atoms with Crippen LogP contribution in [0.4, 0.5) is 9.18 Å². The Balaban J connectivity index is 1.86. The van der Waals surface area contributed by atoms with Gasteiger partial charge in [-0.05, 0) is 24.1 Å². The number of hydrogen-bond donors (Lipinski definition) is 1. The number of benzene rings is 1. The van der Waals surface area contributed by atoms with Crippen molar-refractivity contribution < 1.29 is 18.7 Å². The molecule has 1 aromatic rings. The topological polar surface area (TPSA) is 50.8 Å². The second kappa shape index (κ2) is 6.56. The fourth-order valence-electron chi connectivity index (χ4n) is 2.21. The molecule has 2 amide bonds. The quantitative estimate of drug-likeness (QED) is 0.915. The number of methoxy groups -OCH3 is 2. The summed E-state index contributed by atoms with van der Waals surface area (Å²) in [5.74, 6) is -0.234. The van der Waals surface area contributed by atoms with Crippen LogP contribution in [-0.4, -0.2) is 44.3 Å². The maximum absolute atomic E-state index is 13.5. The molecule has 110 valence electrons. The number of ether oxygens (including phenoxy) is 2. The van der Waals surface area contributed by atoms with E-state index < -0.39 is 5.82 Å². The van der Waals surface area contributed by atoms with Crippen LogP contribution in [0.3, 0.4) is 0 Å². The Morgan fingerprint density at radius 1 is 1.50 bits per heavy atom. The van der Waals surface area contributed by atoms with Gasteiger partial charge in [-0.3, -0.25) is 0 Å². The maximum Gasteiger partial charge on any atom is 0.317 e. The lowest BCUT2D eigenvalue weighted by atomic mass is 10.2. The fraction of sp³-hybridized carbons (Fsp3) is 0.500. The molecular formula is C14H19FN2O3. The number of carbonyl (C=O) groups excluding carboxylic acids is 1. The molecule has 0 aromatic heterocycles. The van der Waals surface area contributed by atoms with Crippen molar-refractivity contribution in [1.82, 2.24) is 10.2 Å². The molecule has 1 fully saturated rings. The highest BCUT2D eigenvalue weighted by Gasteiger charge is 2.25. The first-order valence-electron chi connectivity index (χ1n) is 6.52. The Labute approximate surface area is 117 Å². The lowest BCUT2D eigenvalue weighted by molar-refractivity contribution is 0.110. The molecule has 1 heterocycles. The second-order valence-corrected chi connectivity index (χ2v) is 4.72. The minimum absolute atomic E-state index is 0.110. The van der Waals surface area contributed by atoms with Crippen molar-refractivity contribution in [2.45, 2.75) is 19.1 Å². The van der Waals surface area contributed by atoms with Crippen molar-refractivity contribution in [1.29, 1.82) is 0 Å². The minimum Gasteiger partial charge on any atom is -0.494 e. The van der Waals surface area contributed by atoms with E-state index >= 15 is 0 Å². The van der Waals surface area contributed by atoms with Crippen molar-refractivity contribution in [3.05, 3.63) is 29.6 Å². The third-order valence-corrected chi connectivity index (χ3v) is 3.43. The number of carbonyl (C=O) groups is 1. The molecule has 20 heavy (non-hydrogen) atoms. The van der Waals surface area contributed by atoms with Crippen LogP contribution in [0, 0.1) is 5.82 Å². The summed E-state index contributed by atoms with van der Waals surface area (Å²) in [5.41, 5.74) is 0.694. The van der Waals surface area contributed by atoms with Gasteiger partial charge >= 0.3 is 6.03 Å². The molecule has 5 nitrogen and oxygen atoms in total. The summed E-state index contributed by atoms with van der Waals surface area (Å²) in [6.45, 7) is 1.56. The average molecular weight is 282 g/mol. The number of nitrogens with zero attached hydrogens (tertiary/aromatic N) is 1. The van der Waals surface area contributed by atoms with Crippen LogP contribution in [-0.2, 0) is 11.3 Å². The molecule has 0 aliphatic carbocycles. The zero-order valence-corrected chi connectivity index (χ0v) is 11.7. The molecule has 0 saturated carbocycles. The highest BCUT2D eigenvalue weighted by atomic mass is 19.1. The van der Waals surface area contributed by atoms with E-state index in [9.17, 15) is 9.18 Å². The summed E-state index contributed by atoms with van der Waals surface area (Å²) in [4.78, 5) is 13.6. The van der Waals surface area contributed by atoms with E-state index in [1.807, 2.05) is 0 Å². The lowest BCUT2D eigenvalue weighted by Gasteiger charge is -2.17. The first-order valence-corrected chi connectivity index (χ1v) is 6.52. The molecule has 1 aliphatic heterocycles. The van der Waals surface area contributed by atoms with Crippen molar-refractivity contribution in [2.24, 2.45) is 0 Å². The molecular weight excluding hydrogens is 263 g/mol. The van der Waals surface area contributed by atoms with E-state index in [0.29, 0.717) is 18.7 Å². The molecule has 1 unspecified atom stereocenters. The van der Waals surface area contributed by atoms with Gasteiger partial charge in [0.2, 0.25) is 0 Å². The van der Waals surface area contributed by atoms with Gasteiger partial charge in [-0.1, -0.05) is 6.07 Å². The predicted molar refractivity (Wildman–Crippen MR) is 72.2 cm³/mol. The van der Waals surface area contributed by atoms with Gasteiger partial charge in [0.15, 0.2) is 11.6 Å². The number of halogens is 1. The number of amides is 2. The van der Waals surface area contributed by atoms with E-state index in [-0.39, 0.29) is 24.4 Å². The molecule has 1 aromatic carbocycles. The molecule has 1 atom stereocenters. The Bertz CT molecular complexity index is 481. The van der Waals surface area contributed by atoms with Gasteiger partial charge in [0.1, 0.15) is 0 Å². The molecule has 2 rings (SSSR count). The number of nitrogens with one attached hydrogen (secondary N) is 1. The van der Waals surface area contributed by atoms with Gasteiger partial charge in [-0.25, -0.2) is 9.18 Å². The zero-order chi connectivity index (χ0) is 14.5. The number of likely N-dealkylation sites (tertiary alicyclic amines) is 1. The molecule has 0 bridgehead atoms. The normalized spacial score (nSPS) is 18.1. The Morgan fingerprint density at radius 2 is 2.30 bits per heavy atom. The first kappa shape index (κ1) is 14.6. The van der Waals surface area contributed by atoms with Crippen LogP contribution in [0.1, 0.15) is 12.0 Å². The summed E-state index contributed by atoms with van der Waals surface area (Å²) >= 11 is 0. The van der Waals surface area contributed by atoms with E-state index in [2.05, 4.69) is 5.32 Å². The van der Waals surface area contributed by atoms with Crippen LogP contribution in [0.15, 0.2) is 18.2 Å². The number of urea groups is 1. The smallest absolute Gasteiger partial charge is 0.317 e. The maximum atomic E-state index is 13.5. The molecule has 1 aliphatic rings. The third-order valence-electron chi connectivity index (χ3n) is 3.43. The van der Waals surface area contributed by atoms with Crippen LogP contribution in [0.2, 0.25) is 0 Å². The van der Waals surface area contributed by atoms with Gasteiger partial charge in [0.05, 0.1) is 13.2 Å². The van der Waals surface area contributed by atoms with Gasteiger partial charge in [0, 0.05) is 26.7 Å². The highest BCUT2D eigenvalue weighted by molar-refractivity contribution is 5.74. The van der Waals surface area contributed by atoms with Crippen LogP contribution >= 0.6 is 0 Å². The van der Waals surface area contributed by atoms with Gasteiger partial charge in [-0.2, -0.15) is 0 Å². The molecule has 0 radical (unpaired) electrons. The van der Waals surface area contributed by atoms with Crippen molar-refractivity contribution in [3.63, 3.8) is 0 Å². The second-order valence-electron chi connectivity index (χ2n) is 4.72. The Kier molecular flexibility index (Phi) is 4.79. The molecule has 1 N–H and O–H groups in total. The van der Waals surface area contributed by atoms with Crippen LogP contribution in [0.25, 0.3) is 0 Å². The van der Waals surface area contributed by atoms with E-state index in [1.54, 1.807) is 24.1 Å². The fourth-order valence-corrected chi connectivity index (χ4v) is 2.21. The van der Waals surface area contributed by atoms with Crippen molar-refractivity contribution in [2.75, 3.05) is 27.3 Å². The summed E-state index contributed by atoms with van der Waals surface area (Å²) < 4.78 is 23.6. The minimum atomic E-state index is -0.431. The summed E-state index contributed by atoms with van der Waals surface area (Å²) in [6, 6.07) is 4.49. The van der Waals surface area contributed by atoms with Crippen molar-refractivity contribution in [3.8, 4) is 5.75 Å². The zero-order valence-electron chi connectivity index (χ0n) is 11.7. The Morgan fingerprint density at radius 3 is 2.90 bits per heavy atom. The molecule has 1 saturated heterocycles.